The fourth-order valence-electron chi connectivity index (χ4n) is 4.16. The quantitative estimate of drug-likeness (QED) is 0.540. The normalized spacial score (nSPS) is 15.9. The standard InChI is InChI=1S/C26H33N3O5S/c1-5-19(4)27-25(31)22(6-2)28(17-20-11-9-10-18(3)16-20)24(30)14-15-29-26(32)21-12-7-8-13-23(21)35(29,33)34/h7-13,16,19,22H,5-6,14-15,17H2,1-4H3,(H,27,31)/t19-,22+/m1/s1. The second-order valence-corrected chi connectivity index (χ2v) is 10.7. The van der Waals surface area contributed by atoms with E-state index in [1.165, 1.54) is 17.0 Å². The predicted octanol–water partition coefficient (Wildman–Crippen LogP) is 3.25. The van der Waals surface area contributed by atoms with Gasteiger partial charge in [-0.15, -0.1) is 0 Å². The Morgan fingerprint density at radius 1 is 1.06 bits per heavy atom. The number of hydrogen-bond acceptors (Lipinski definition) is 5. The van der Waals surface area contributed by atoms with Crippen molar-refractivity contribution in [2.75, 3.05) is 6.54 Å². The van der Waals surface area contributed by atoms with E-state index in [2.05, 4.69) is 5.32 Å². The van der Waals surface area contributed by atoms with E-state index in [0.29, 0.717) is 6.42 Å². The van der Waals surface area contributed by atoms with Crippen LogP contribution in [0.15, 0.2) is 53.4 Å². The van der Waals surface area contributed by atoms with E-state index < -0.39 is 27.9 Å². The van der Waals surface area contributed by atoms with Crippen molar-refractivity contribution in [3.05, 3.63) is 65.2 Å². The summed E-state index contributed by atoms with van der Waals surface area (Å²) < 4.78 is 26.5. The summed E-state index contributed by atoms with van der Waals surface area (Å²) in [6, 6.07) is 12.9. The van der Waals surface area contributed by atoms with Gasteiger partial charge in [0, 0.05) is 25.6 Å². The zero-order valence-electron chi connectivity index (χ0n) is 20.7. The largest absolute Gasteiger partial charge is 0.352 e. The fraction of sp³-hybridized carbons (Fsp3) is 0.423. The first-order valence-corrected chi connectivity index (χ1v) is 13.4. The molecule has 0 radical (unpaired) electrons. The zero-order chi connectivity index (χ0) is 25.8. The van der Waals surface area contributed by atoms with Gasteiger partial charge < -0.3 is 10.2 Å². The first kappa shape index (κ1) is 26.4. The molecule has 1 heterocycles. The molecule has 0 aromatic heterocycles. The van der Waals surface area contributed by atoms with Crippen molar-refractivity contribution in [3.63, 3.8) is 0 Å². The summed E-state index contributed by atoms with van der Waals surface area (Å²) in [5.41, 5.74) is 2.00. The third-order valence-corrected chi connectivity index (χ3v) is 8.10. The zero-order valence-corrected chi connectivity index (χ0v) is 21.5. The van der Waals surface area contributed by atoms with Crippen LogP contribution in [-0.4, -0.2) is 54.0 Å². The number of aryl methyl sites for hydroxylation is 1. The number of sulfonamides is 1. The van der Waals surface area contributed by atoms with E-state index in [9.17, 15) is 22.8 Å². The Hall–Kier alpha value is -3.20. The Balaban J connectivity index is 1.83. The van der Waals surface area contributed by atoms with Gasteiger partial charge in [0.05, 0.1) is 5.56 Å². The van der Waals surface area contributed by atoms with Crippen molar-refractivity contribution in [2.45, 2.75) is 70.5 Å². The lowest BCUT2D eigenvalue weighted by molar-refractivity contribution is -0.141. The molecule has 3 amide bonds. The lowest BCUT2D eigenvalue weighted by Gasteiger charge is -2.32. The Morgan fingerprint density at radius 2 is 1.77 bits per heavy atom. The van der Waals surface area contributed by atoms with Crippen LogP contribution in [0.4, 0.5) is 0 Å². The molecule has 188 valence electrons. The lowest BCUT2D eigenvalue weighted by atomic mass is 10.1. The Kier molecular flexibility index (Phi) is 8.32. The van der Waals surface area contributed by atoms with Crippen molar-refractivity contribution < 1.29 is 22.8 Å². The minimum Gasteiger partial charge on any atom is -0.352 e. The van der Waals surface area contributed by atoms with Crippen LogP contribution in [0.2, 0.25) is 0 Å². The summed E-state index contributed by atoms with van der Waals surface area (Å²) in [7, 11) is -4.01. The number of amides is 3. The number of nitrogens with zero attached hydrogens (tertiary/aromatic N) is 2. The predicted molar refractivity (Wildman–Crippen MR) is 133 cm³/mol. The molecule has 0 bridgehead atoms. The molecule has 8 nitrogen and oxygen atoms in total. The summed E-state index contributed by atoms with van der Waals surface area (Å²) in [5.74, 6) is -1.28. The highest BCUT2D eigenvalue weighted by Gasteiger charge is 2.41. The van der Waals surface area contributed by atoms with Crippen molar-refractivity contribution >= 4 is 27.7 Å². The topological polar surface area (TPSA) is 104 Å². The van der Waals surface area contributed by atoms with Gasteiger partial charge in [0.1, 0.15) is 10.9 Å². The van der Waals surface area contributed by atoms with Crippen LogP contribution < -0.4 is 5.32 Å². The van der Waals surface area contributed by atoms with E-state index >= 15 is 0 Å². The molecule has 0 unspecified atom stereocenters. The number of carbonyl (C=O) groups excluding carboxylic acids is 3. The van der Waals surface area contributed by atoms with Crippen molar-refractivity contribution in [1.82, 2.24) is 14.5 Å². The number of rotatable bonds is 10. The summed E-state index contributed by atoms with van der Waals surface area (Å²) in [6.45, 7) is 7.56. The molecular formula is C26H33N3O5S. The molecule has 0 spiro atoms. The van der Waals surface area contributed by atoms with Gasteiger partial charge in [0.25, 0.3) is 15.9 Å². The SMILES string of the molecule is CC[C@@H](C)NC(=O)[C@H](CC)N(Cc1cccc(C)c1)C(=O)CCN1C(=O)c2ccccc2S1(=O)=O. The molecule has 1 aliphatic rings. The number of hydrogen-bond donors (Lipinski definition) is 1. The maximum Gasteiger partial charge on any atom is 0.269 e. The average molecular weight is 500 g/mol. The van der Waals surface area contributed by atoms with Crippen molar-refractivity contribution in [2.24, 2.45) is 0 Å². The highest BCUT2D eigenvalue weighted by Crippen LogP contribution is 2.30. The Morgan fingerprint density at radius 3 is 2.40 bits per heavy atom. The van der Waals surface area contributed by atoms with Gasteiger partial charge in [0.15, 0.2) is 0 Å². The number of benzene rings is 2. The minimum absolute atomic E-state index is 0.0432. The van der Waals surface area contributed by atoms with Gasteiger partial charge >= 0.3 is 0 Å². The van der Waals surface area contributed by atoms with Gasteiger partial charge in [-0.2, -0.15) is 0 Å². The first-order chi connectivity index (χ1) is 16.6. The van der Waals surface area contributed by atoms with E-state index in [4.69, 9.17) is 0 Å². The highest BCUT2D eigenvalue weighted by atomic mass is 32.2. The van der Waals surface area contributed by atoms with E-state index in [0.717, 1.165) is 21.9 Å². The van der Waals surface area contributed by atoms with E-state index in [1.54, 1.807) is 12.1 Å². The van der Waals surface area contributed by atoms with Crippen LogP contribution in [0, 0.1) is 6.92 Å². The molecule has 0 aliphatic carbocycles. The lowest BCUT2D eigenvalue weighted by Crippen LogP contribution is -2.51. The molecule has 1 aliphatic heterocycles. The van der Waals surface area contributed by atoms with E-state index in [-0.39, 0.29) is 41.9 Å². The Labute approximate surface area is 207 Å². The first-order valence-electron chi connectivity index (χ1n) is 11.9. The van der Waals surface area contributed by atoms with Gasteiger partial charge in [-0.05, 0) is 44.4 Å². The second-order valence-electron chi connectivity index (χ2n) is 8.88. The highest BCUT2D eigenvalue weighted by molar-refractivity contribution is 7.90. The number of fused-ring (bicyclic) bond motifs is 1. The molecule has 0 fully saturated rings. The maximum atomic E-state index is 13.5. The molecule has 0 saturated heterocycles. The molecule has 9 heteroatoms. The number of carbonyl (C=O) groups is 3. The molecule has 2 atom stereocenters. The smallest absolute Gasteiger partial charge is 0.269 e. The third-order valence-electron chi connectivity index (χ3n) is 6.26. The molecule has 1 N–H and O–H groups in total. The van der Waals surface area contributed by atoms with Crippen LogP contribution in [-0.2, 0) is 26.2 Å². The Bertz CT molecular complexity index is 1210. The third kappa shape index (κ3) is 5.73. The maximum absolute atomic E-state index is 13.5. The van der Waals surface area contributed by atoms with Gasteiger partial charge in [-0.3, -0.25) is 14.4 Å². The second kappa shape index (κ2) is 11.0. The van der Waals surface area contributed by atoms with Gasteiger partial charge in [0.2, 0.25) is 11.8 Å². The fourth-order valence-corrected chi connectivity index (χ4v) is 5.73. The van der Waals surface area contributed by atoms with Gasteiger partial charge in [-0.25, -0.2) is 12.7 Å². The number of nitrogens with one attached hydrogen (secondary N) is 1. The molecule has 2 aromatic rings. The van der Waals surface area contributed by atoms with E-state index in [1.807, 2.05) is 52.0 Å². The minimum atomic E-state index is -4.01. The van der Waals surface area contributed by atoms with Crippen LogP contribution in [0.25, 0.3) is 0 Å². The van der Waals surface area contributed by atoms with Crippen LogP contribution in [0.3, 0.4) is 0 Å². The average Bonchev–Trinajstić information content (AvgIpc) is 3.02. The summed E-state index contributed by atoms with van der Waals surface area (Å²) in [4.78, 5) is 40.7. The van der Waals surface area contributed by atoms with Crippen LogP contribution in [0.5, 0.6) is 0 Å². The molecule has 3 rings (SSSR count). The van der Waals surface area contributed by atoms with Crippen molar-refractivity contribution in [1.29, 1.82) is 0 Å². The summed E-state index contributed by atoms with van der Waals surface area (Å²) in [6.07, 6.45) is 0.924. The summed E-state index contributed by atoms with van der Waals surface area (Å²) >= 11 is 0. The monoisotopic (exact) mass is 499 g/mol. The molecular weight excluding hydrogens is 466 g/mol. The summed E-state index contributed by atoms with van der Waals surface area (Å²) in [5, 5.41) is 2.95. The molecule has 2 aromatic carbocycles. The van der Waals surface area contributed by atoms with Gasteiger partial charge in [-0.1, -0.05) is 55.8 Å². The van der Waals surface area contributed by atoms with Crippen LogP contribution >= 0.6 is 0 Å². The molecule has 35 heavy (non-hydrogen) atoms. The van der Waals surface area contributed by atoms with Crippen molar-refractivity contribution in [3.8, 4) is 0 Å². The molecule has 0 saturated carbocycles. The van der Waals surface area contributed by atoms with Crippen LogP contribution in [0.1, 0.15) is 61.5 Å².